The summed E-state index contributed by atoms with van der Waals surface area (Å²) in [5, 5.41) is 0. The molecule has 23 heavy (non-hydrogen) atoms. The summed E-state index contributed by atoms with van der Waals surface area (Å²) < 4.78 is 6.41. The van der Waals surface area contributed by atoms with Crippen molar-refractivity contribution in [1.82, 2.24) is 0 Å². The molecular weight excluding hydrogens is 300 g/mol. The Morgan fingerprint density at radius 1 is 0.913 bits per heavy atom. The lowest BCUT2D eigenvalue weighted by Crippen LogP contribution is -2.13. The minimum absolute atomic E-state index is 0.109. The molecule has 0 fully saturated rings. The SMILES string of the molecule is CCC(C)(C)Sc1ccc(C(C)(C)C)cc1Oc1ccccc1. The first-order chi connectivity index (χ1) is 10.7. The van der Waals surface area contributed by atoms with Crippen molar-refractivity contribution in [2.24, 2.45) is 0 Å². The van der Waals surface area contributed by atoms with Gasteiger partial charge in [0.1, 0.15) is 11.5 Å². The van der Waals surface area contributed by atoms with Crippen molar-refractivity contribution in [3.05, 3.63) is 54.1 Å². The summed E-state index contributed by atoms with van der Waals surface area (Å²) in [6.45, 7) is 13.5. The van der Waals surface area contributed by atoms with Crippen LogP contribution in [0, 0.1) is 0 Å². The van der Waals surface area contributed by atoms with Crippen molar-refractivity contribution in [3.63, 3.8) is 0 Å². The molecule has 0 radical (unpaired) electrons. The lowest BCUT2D eigenvalue weighted by Gasteiger charge is -2.25. The second-order valence-corrected chi connectivity index (χ2v) is 9.29. The van der Waals surface area contributed by atoms with Crippen LogP contribution in [0.1, 0.15) is 53.5 Å². The third-order valence-corrected chi connectivity index (χ3v) is 5.42. The van der Waals surface area contributed by atoms with E-state index in [1.54, 1.807) is 0 Å². The molecule has 0 atom stereocenters. The summed E-state index contributed by atoms with van der Waals surface area (Å²) in [7, 11) is 0. The van der Waals surface area contributed by atoms with E-state index in [0.717, 1.165) is 17.9 Å². The number of benzene rings is 2. The average molecular weight is 329 g/mol. The van der Waals surface area contributed by atoms with E-state index in [2.05, 4.69) is 59.7 Å². The zero-order chi connectivity index (χ0) is 17.1. The van der Waals surface area contributed by atoms with Crippen LogP contribution in [0.2, 0.25) is 0 Å². The molecule has 2 heteroatoms. The Bertz CT molecular complexity index is 639. The van der Waals surface area contributed by atoms with Crippen LogP contribution >= 0.6 is 11.8 Å². The zero-order valence-corrected chi connectivity index (χ0v) is 16.0. The number of rotatable bonds is 5. The van der Waals surface area contributed by atoms with Crippen molar-refractivity contribution in [2.75, 3.05) is 0 Å². The highest BCUT2D eigenvalue weighted by Crippen LogP contribution is 2.42. The Morgan fingerprint density at radius 3 is 2.13 bits per heavy atom. The van der Waals surface area contributed by atoms with E-state index in [1.165, 1.54) is 10.5 Å². The first-order valence-electron chi connectivity index (χ1n) is 8.28. The Labute approximate surface area is 145 Å². The molecule has 1 nitrogen and oxygen atoms in total. The van der Waals surface area contributed by atoms with Gasteiger partial charge in [0.05, 0.1) is 4.90 Å². The highest BCUT2D eigenvalue weighted by Gasteiger charge is 2.22. The van der Waals surface area contributed by atoms with E-state index in [1.807, 2.05) is 42.1 Å². The Balaban J connectivity index is 2.41. The van der Waals surface area contributed by atoms with Crippen molar-refractivity contribution in [1.29, 1.82) is 0 Å². The van der Waals surface area contributed by atoms with Gasteiger partial charge in [0, 0.05) is 4.75 Å². The number of thioether (sulfide) groups is 1. The molecule has 124 valence electrons. The van der Waals surface area contributed by atoms with Crippen molar-refractivity contribution < 1.29 is 4.74 Å². The van der Waals surface area contributed by atoms with Crippen LogP contribution in [0.25, 0.3) is 0 Å². The van der Waals surface area contributed by atoms with Gasteiger partial charge < -0.3 is 4.74 Å². The minimum Gasteiger partial charge on any atom is -0.456 e. The van der Waals surface area contributed by atoms with Crippen LogP contribution in [0.4, 0.5) is 0 Å². The molecule has 0 aliphatic carbocycles. The molecule has 0 heterocycles. The van der Waals surface area contributed by atoms with Gasteiger partial charge in [0.25, 0.3) is 0 Å². The van der Waals surface area contributed by atoms with E-state index in [-0.39, 0.29) is 10.2 Å². The van der Waals surface area contributed by atoms with Crippen LogP contribution in [-0.4, -0.2) is 4.75 Å². The Hall–Kier alpha value is -1.41. The summed E-state index contributed by atoms with van der Waals surface area (Å²) in [6, 6.07) is 16.7. The van der Waals surface area contributed by atoms with Gasteiger partial charge >= 0.3 is 0 Å². The summed E-state index contributed by atoms with van der Waals surface area (Å²) >= 11 is 1.89. The van der Waals surface area contributed by atoms with E-state index in [9.17, 15) is 0 Å². The topological polar surface area (TPSA) is 9.23 Å². The maximum atomic E-state index is 6.21. The molecular formula is C21H28OS. The number of hydrogen-bond acceptors (Lipinski definition) is 2. The zero-order valence-electron chi connectivity index (χ0n) is 15.1. The van der Waals surface area contributed by atoms with Gasteiger partial charge in [-0.3, -0.25) is 0 Å². The third-order valence-electron chi connectivity index (χ3n) is 4.02. The van der Waals surface area contributed by atoms with Gasteiger partial charge in [-0.2, -0.15) is 0 Å². The summed E-state index contributed by atoms with van der Waals surface area (Å²) in [5.41, 5.74) is 1.40. The first-order valence-corrected chi connectivity index (χ1v) is 9.09. The van der Waals surface area contributed by atoms with Gasteiger partial charge in [-0.05, 0) is 41.7 Å². The van der Waals surface area contributed by atoms with Crippen molar-refractivity contribution in [3.8, 4) is 11.5 Å². The number of ether oxygens (including phenoxy) is 1. The summed E-state index contributed by atoms with van der Waals surface area (Å²) in [5.74, 6) is 1.84. The molecule has 0 N–H and O–H groups in total. The Morgan fingerprint density at radius 2 is 1.57 bits per heavy atom. The summed E-state index contributed by atoms with van der Waals surface area (Å²) in [4.78, 5) is 1.20. The molecule has 0 unspecified atom stereocenters. The first kappa shape index (κ1) is 17.9. The molecule has 0 amide bonds. The molecule has 0 bridgehead atoms. The van der Waals surface area contributed by atoms with Gasteiger partial charge in [-0.1, -0.05) is 65.8 Å². The fraction of sp³-hybridized carbons (Fsp3) is 0.429. The molecule has 0 aromatic heterocycles. The smallest absolute Gasteiger partial charge is 0.141 e. The van der Waals surface area contributed by atoms with E-state index in [0.29, 0.717) is 0 Å². The van der Waals surface area contributed by atoms with Crippen LogP contribution in [-0.2, 0) is 5.41 Å². The quantitative estimate of drug-likeness (QED) is 0.543. The van der Waals surface area contributed by atoms with Crippen LogP contribution in [0.3, 0.4) is 0 Å². The van der Waals surface area contributed by atoms with E-state index in [4.69, 9.17) is 4.74 Å². The highest BCUT2D eigenvalue weighted by atomic mass is 32.2. The monoisotopic (exact) mass is 328 g/mol. The number of hydrogen-bond donors (Lipinski definition) is 0. The third kappa shape index (κ3) is 5.04. The van der Waals surface area contributed by atoms with Gasteiger partial charge in [-0.25, -0.2) is 0 Å². The standard InChI is InChI=1S/C21H28OS/c1-7-21(5,6)23-19-14-13-16(20(2,3)4)15-18(19)22-17-11-9-8-10-12-17/h8-15H,7H2,1-6H3. The minimum atomic E-state index is 0.109. The lowest BCUT2D eigenvalue weighted by molar-refractivity contribution is 0.466. The molecule has 0 aliphatic heterocycles. The lowest BCUT2D eigenvalue weighted by atomic mass is 9.87. The Kier molecular flexibility index (Phi) is 5.46. The molecule has 2 aromatic carbocycles. The van der Waals surface area contributed by atoms with Crippen LogP contribution in [0.5, 0.6) is 11.5 Å². The molecule has 2 rings (SSSR count). The molecule has 0 saturated heterocycles. The van der Waals surface area contributed by atoms with Crippen molar-refractivity contribution in [2.45, 2.75) is 63.0 Å². The van der Waals surface area contributed by atoms with E-state index >= 15 is 0 Å². The maximum absolute atomic E-state index is 6.21. The largest absolute Gasteiger partial charge is 0.456 e. The fourth-order valence-corrected chi connectivity index (χ4v) is 3.20. The second-order valence-electron chi connectivity index (χ2n) is 7.54. The van der Waals surface area contributed by atoms with E-state index < -0.39 is 0 Å². The molecule has 0 aliphatic rings. The second kappa shape index (κ2) is 7.00. The number of para-hydroxylation sites is 1. The predicted molar refractivity (Wildman–Crippen MR) is 102 cm³/mol. The normalized spacial score (nSPS) is 12.3. The average Bonchev–Trinajstić information content (AvgIpc) is 2.49. The van der Waals surface area contributed by atoms with Crippen molar-refractivity contribution >= 4 is 11.8 Å². The predicted octanol–water partition coefficient (Wildman–Crippen LogP) is 7.06. The van der Waals surface area contributed by atoms with Gasteiger partial charge in [0.2, 0.25) is 0 Å². The molecule has 0 spiro atoms. The fourth-order valence-electron chi connectivity index (χ4n) is 2.12. The maximum Gasteiger partial charge on any atom is 0.141 e. The summed E-state index contributed by atoms with van der Waals surface area (Å²) in [6.07, 6.45) is 1.11. The van der Waals surface area contributed by atoms with Gasteiger partial charge in [0.15, 0.2) is 0 Å². The van der Waals surface area contributed by atoms with Crippen LogP contribution in [0.15, 0.2) is 53.4 Å². The molecule has 2 aromatic rings. The molecule has 0 saturated carbocycles. The highest BCUT2D eigenvalue weighted by molar-refractivity contribution is 8.00. The van der Waals surface area contributed by atoms with Crippen LogP contribution < -0.4 is 4.74 Å². The van der Waals surface area contributed by atoms with Gasteiger partial charge in [-0.15, -0.1) is 11.8 Å².